The number of benzene rings is 2. The highest BCUT2D eigenvalue weighted by Gasteiger charge is 2.28. The number of alkyl halides is 2. The van der Waals surface area contributed by atoms with Gasteiger partial charge in [0.1, 0.15) is 24.0 Å². The van der Waals surface area contributed by atoms with Crippen molar-refractivity contribution in [1.82, 2.24) is 30.6 Å². The van der Waals surface area contributed by atoms with Crippen molar-refractivity contribution >= 4 is 0 Å². The first-order valence-corrected chi connectivity index (χ1v) is 11.7. The Balaban J connectivity index is 1.15. The van der Waals surface area contributed by atoms with Crippen LogP contribution in [0.15, 0.2) is 60.9 Å². The molecule has 0 saturated carbocycles. The summed E-state index contributed by atoms with van der Waals surface area (Å²) >= 11 is 0. The van der Waals surface area contributed by atoms with E-state index in [4.69, 9.17) is 0 Å². The van der Waals surface area contributed by atoms with Crippen LogP contribution in [0.25, 0.3) is 33.6 Å². The number of H-pyrrole nitrogens is 2. The maximum atomic E-state index is 13.5. The Morgan fingerprint density at radius 3 is 1.32 bits per heavy atom. The standard InChI is InChI=1S/C26H26F2N6/c27-19-9-21(29-11-19)25-31-13-23(33-25)17-5-1-15(2-6-17)16-3-7-18(8-4-16)24-14-32-26(34-24)22-10-20(28)12-30-22/h1-8,13-14,19-22,29-30H,9-12H2,(H,31,33)(H,32,34)/t19-,20-,21-,22-/m0/s1. The van der Waals surface area contributed by atoms with Gasteiger partial charge in [-0.05, 0) is 22.3 Å². The minimum Gasteiger partial charge on any atom is -0.341 e. The van der Waals surface area contributed by atoms with E-state index >= 15 is 0 Å². The second-order valence-electron chi connectivity index (χ2n) is 9.11. The monoisotopic (exact) mass is 460 g/mol. The molecule has 34 heavy (non-hydrogen) atoms. The first-order valence-electron chi connectivity index (χ1n) is 11.7. The van der Waals surface area contributed by atoms with E-state index in [2.05, 4.69) is 79.1 Å². The van der Waals surface area contributed by atoms with Gasteiger partial charge >= 0.3 is 0 Å². The zero-order chi connectivity index (χ0) is 23.1. The van der Waals surface area contributed by atoms with Crippen molar-refractivity contribution in [3.63, 3.8) is 0 Å². The molecule has 2 saturated heterocycles. The number of imidazole rings is 2. The lowest BCUT2D eigenvalue weighted by atomic mass is 10.0. The van der Waals surface area contributed by atoms with E-state index in [1.807, 2.05) is 0 Å². The van der Waals surface area contributed by atoms with Gasteiger partial charge in [0.25, 0.3) is 0 Å². The fraction of sp³-hybridized carbons (Fsp3) is 0.308. The Bertz CT molecular complexity index is 1160. The Morgan fingerprint density at radius 1 is 0.588 bits per heavy atom. The molecule has 0 unspecified atom stereocenters. The summed E-state index contributed by atoms with van der Waals surface area (Å²) in [5.74, 6) is 1.56. The van der Waals surface area contributed by atoms with E-state index in [0.29, 0.717) is 25.9 Å². The van der Waals surface area contributed by atoms with Gasteiger partial charge in [0, 0.05) is 25.9 Å². The number of nitrogens with zero attached hydrogens (tertiary/aromatic N) is 2. The van der Waals surface area contributed by atoms with Crippen LogP contribution in [0.4, 0.5) is 8.78 Å². The van der Waals surface area contributed by atoms with Crippen molar-refractivity contribution < 1.29 is 8.78 Å². The zero-order valence-corrected chi connectivity index (χ0v) is 18.6. The molecule has 0 aliphatic carbocycles. The summed E-state index contributed by atoms with van der Waals surface area (Å²) in [7, 11) is 0. The van der Waals surface area contributed by atoms with Crippen LogP contribution < -0.4 is 10.6 Å². The summed E-state index contributed by atoms with van der Waals surface area (Å²) in [6, 6.07) is 16.5. The summed E-state index contributed by atoms with van der Waals surface area (Å²) in [6.45, 7) is 0.764. The predicted octanol–water partition coefficient (Wildman–Crippen LogP) is 4.88. The average molecular weight is 461 g/mol. The maximum Gasteiger partial charge on any atom is 0.123 e. The second-order valence-corrected chi connectivity index (χ2v) is 9.11. The molecule has 6 rings (SSSR count). The molecular weight excluding hydrogens is 434 g/mol. The van der Waals surface area contributed by atoms with Gasteiger partial charge in [0.15, 0.2) is 0 Å². The largest absolute Gasteiger partial charge is 0.341 e. The lowest BCUT2D eigenvalue weighted by Gasteiger charge is -2.07. The number of halogens is 2. The number of nitrogens with one attached hydrogen (secondary N) is 4. The Morgan fingerprint density at radius 2 is 0.971 bits per heavy atom. The first kappa shape index (κ1) is 21.2. The van der Waals surface area contributed by atoms with Crippen LogP contribution in [0, 0.1) is 0 Å². The van der Waals surface area contributed by atoms with Crippen LogP contribution in [-0.4, -0.2) is 45.4 Å². The molecule has 4 N–H and O–H groups in total. The molecule has 4 heterocycles. The zero-order valence-electron chi connectivity index (χ0n) is 18.6. The van der Waals surface area contributed by atoms with Crippen LogP contribution in [-0.2, 0) is 0 Å². The Labute approximate surface area is 196 Å². The van der Waals surface area contributed by atoms with Gasteiger partial charge in [-0.25, -0.2) is 18.7 Å². The van der Waals surface area contributed by atoms with Crippen LogP contribution in [0.5, 0.6) is 0 Å². The highest BCUT2D eigenvalue weighted by Crippen LogP contribution is 2.29. The molecule has 6 nitrogen and oxygen atoms in total. The van der Waals surface area contributed by atoms with Crippen LogP contribution >= 0.6 is 0 Å². The molecule has 0 spiro atoms. The van der Waals surface area contributed by atoms with Crippen molar-refractivity contribution in [2.75, 3.05) is 13.1 Å². The van der Waals surface area contributed by atoms with E-state index < -0.39 is 12.3 Å². The van der Waals surface area contributed by atoms with Crippen molar-refractivity contribution in [2.24, 2.45) is 0 Å². The van der Waals surface area contributed by atoms with Gasteiger partial charge in [-0.1, -0.05) is 48.5 Å². The number of rotatable bonds is 5. The van der Waals surface area contributed by atoms with E-state index in [1.54, 1.807) is 12.4 Å². The summed E-state index contributed by atoms with van der Waals surface area (Å²) in [4.78, 5) is 15.5. The van der Waals surface area contributed by atoms with Crippen molar-refractivity contribution in [3.05, 3.63) is 72.6 Å². The number of hydrogen-bond acceptors (Lipinski definition) is 4. The van der Waals surface area contributed by atoms with Crippen molar-refractivity contribution in [3.8, 4) is 33.6 Å². The average Bonchev–Trinajstić information content (AvgIpc) is 3.66. The number of aromatic nitrogens is 4. The van der Waals surface area contributed by atoms with Crippen molar-refractivity contribution in [2.45, 2.75) is 37.3 Å². The topological polar surface area (TPSA) is 81.4 Å². The molecule has 2 fully saturated rings. The highest BCUT2D eigenvalue weighted by atomic mass is 19.1. The minimum absolute atomic E-state index is 0.0532. The molecular formula is C26H26F2N6. The second kappa shape index (κ2) is 8.77. The fourth-order valence-electron chi connectivity index (χ4n) is 4.81. The van der Waals surface area contributed by atoms with Gasteiger partial charge in [-0.3, -0.25) is 0 Å². The molecule has 0 amide bonds. The molecule has 174 valence electrons. The van der Waals surface area contributed by atoms with Crippen LogP contribution in [0.3, 0.4) is 0 Å². The lowest BCUT2D eigenvalue weighted by Crippen LogP contribution is -2.14. The third-order valence-corrected chi connectivity index (χ3v) is 6.73. The first-order chi connectivity index (χ1) is 16.6. The molecule has 2 aliphatic heterocycles. The molecule has 2 aromatic carbocycles. The number of hydrogen-bond donors (Lipinski definition) is 4. The van der Waals surface area contributed by atoms with E-state index in [0.717, 1.165) is 45.3 Å². The maximum absolute atomic E-state index is 13.5. The van der Waals surface area contributed by atoms with Crippen molar-refractivity contribution in [1.29, 1.82) is 0 Å². The summed E-state index contributed by atoms with van der Waals surface area (Å²) in [5.41, 5.74) is 6.15. The Kier molecular flexibility index (Phi) is 5.47. The molecule has 4 aromatic rings. The summed E-state index contributed by atoms with van der Waals surface area (Å²) in [6.07, 6.45) is 2.90. The third-order valence-electron chi connectivity index (χ3n) is 6.73. The summed E-state index contributed by atoms with van der Waals surface area (Å²) < 4.78 is 26.9. The van der Waals surface area contributed by atoms with Gasteiger partial charge in [0.2, 0.25) is 0 Å². The van der Waals surface area contributed by atoms with E-state index in [1.165, 1.54) is 0 Å². The van der Waals surface area contributed by atoms with Crippen LogP contribution in [0.1, 0.15) is 36.6 Å². The smallest absolute Gasteiger partial charge is 0.123 e. The quantitative estimate of drug-likeness (QED) is 0.342. The van der Waals surface area contributed by atoms with E-state index in [-0.39, 0.29) is 12.1 Å². The molecule has 0 bridgehead atoms. The normalized spacial score (nSPS) is 24.6. The molecule has 0 radical (unpaired) electrons. The molecule has 2 aliphatic rings. The highest BCUT2D eigenvalue weighted by molar-refractivity contribution is 5.71. The number of aromatic amines is 2. The van der Waals surface area contributed by atoms with Crippen LogP contribution in [0.2, 0.25) is 0 Å². The Hall–Kier alpha value is -3.36. The van der Waals surface area contributed by atoms with Gasteiger partial charge in [-0.15, -0.1) is 0 Å². The fourth-order valence-corrected chi connectivity index (χ4v) is 4.81. The SMILES string of the molecule is F[C@@H]1CN[C@H](c2ncc(-c3ccc(-c4ccc(-c5cnc([C@@H]6C[C@H](F)CN6)[nH]5)cc4)cc3)[nH]2)C1. The predicted molar refractivity (Wildman–Crippen MR) is 128 cm³/mol. The van der Waals surface area contributed by atoms with Gasteiger partial charge in [-0.2, -0.15) is 0 Å². The molecule has 8 heteroatoms. The van der Waals surface area contributed by atoms with E-state index in [9.17, 15) is 8.78 Å². The molecule has 4 atom stereocenters. The van der Waals surface area contributed by atoms with Gasteiger partial charge < -0.3 is 20.6 Å². The third kappa shape index (κ3) is 4.15. The van der Waals surface area contributed by atoms with Gasteiger partial charge in [0.05, 0.1) is 35.9 Å². The molecule has 2 aromatic heterocycles. The lowest BCUT2D eigenvalue weighted by molar-refractivity contribution is 0.354. The minimum atomic E-state index is -0.812. The summed E-state index contributed by atoms with van der Waals surface area (Å²) in [5, 5.41) is 6.32.